The number of rotatable bonds is 6. The highest BCUT2D eigenvalue weighted by Gasteiger charge is 2.20. The number of pyridine rings is 1. The normalized spacial score (nSPS) is 13.5. The Morgan fingerprint density at radius 2 is 2.00 bits per heavy atom. The molecular weight excluding hydrogens is 396 g/mol. The van der Waals surface area contributed by atoms with Crippen molar-refractivity contribution in [1.29, 1.82) is 0 Å². The molecular formula is C23H24N4O2S. The number of carbonyl (C=O) groups excluding carboxylic acids is 1. The van der Waals surface area contributed by atoms with Crippen LogP contribution in [0.3, 0.4) is 0 Å². The second-order valence-electron chi connectivity index (χ2n) is 7.21. The summed E-state index contributed by atoms with van der Waals surface area (Å²) in [5.41, 5.74) is 3.92. The van der Waals surface area contributed by atoms with E-state index in [9.17, 15) is 4.79 Å². The summed E-state index contributed by atoms with van der Waals surface area (Å²) in [7, 11) is 1.63. The van der Waals surface area contributed by atoms with E-state index in [4.69, 9.17) is 17.0 Å². The summed E-state index contributed by atoms with van der Waals surface area (Å²) in [6.07, 6.45) is 3.34. The first-order chi connectivity index (χ1) is 14.7. The fraction of sp³-hybridized carbons (Fsp3) is 0.261. The number of nitrogens with zero attached hydrogens (tertiary/aromatic N) is 2. The number of benzene rings is 2. The van der Waals surface area contributed by atoms with Gasteiger partial charge in [0.2, 0.25) is 5.91 Å². The zero-order valence-corrected chi connectivity index (χ0v) is 17.7. The van der Waals surface area contributed by atoms with Crippen molar-refractivity contribution in [3.8, 4) is 5.75 Å². The van der Waals surface area contributed by atoms with Gasteiger partial charge in [0, 0.05) is 43.3 Å². The maximum absolute atomic E-state index is 12.0. The van der Waals surface area contributed by atoms with Gasteiger partial charge in [0.15, 0.2) is 5.11 Å². The molecule has 0 atom stereocenters. The van der Waals surface area contributed by atoms with Crippen molar-refractivity contribution in [2.24, 2.45) is 0 Å². The number of methoxy groups -OCH3 is 1. The van der Waals surface area contributed by atoms with E-state index in [1.165, 1.54) is 0 Å². The number of fused-ring (bicyclic) bond motifs is 1. The van der Waals surface area contributed by atoms with Crippen molar-refractivity contribution in [3.63, 3.8) is 0 Å². The van der Waals surface area contributed by atoms with E-state index in [-0.39, 0.29) is 5.91 Å². The number of anilines is 1. The molecule has 7 heteroatoms. The predicted octanol–water partition coefficient (Wildman–Crippen LogP) is 3.85. The van der Waals surface area contributed by atoms with Crippen LogP contribution in [0, 0.1) is 0 Å². The van der Waals surface area contributed by atoms with Crippen molar-refractivity contribution >= 4 is 39.8 Å². The first-order valence-corrected chi connectivity index (χ1v) is 10.4. The average Bonchev–Trinajstić information content (AvgIpc) is 3.18. The molecule has 2 aromatic carbocycles. The average molecular weight is 421 g/mol. The number of aromatic nitrogens is 1. The highest BCUT2D eigenvalue weighted by atomic mass is 32.1. The minimum Gasteiger partial charge on any atom is -0.494 e. The van der Waals surface area contributed by atoms with E-state index in [1.807, 2.05) is 41.3 Å². The van der Waals surface area contributed by atoms with Crippen LogP contribution >= 0.6 is 12.2 Å². The van der Waals surface area contributed by atoms with Crippen molar-refractivity contribution in [1.82, 2.24) is 15.2 Å². The number of thiocarbonyl (C=S) groups is 1. The minimum absolute atomic E-state index is 0.231. The summed E-state index contributed by atoms with van der Waals surface area (Å²) >= 11 is 5.53. The van der Waals surface area contributed by atoms with E-state index >= 15 is 0 Å². The van der Waals surface area contributed by atoms with Gasteiger partial charge in [0.25, 0.3) is 0 Å². The molecule has 0 bridgehead atoms. The Morgan fingerprint density at radius 3 is 2.77 bits per heavy atom. The van der Waals surface area contributed by atoms with E-state index in [0.29, 0.717) is 24.6 Å². The van der Waals surface area contributed by atoms with Crippen LogP contribution in [0.2, 0.25) is 0 Å². The molecule has 1 saturated heterocycles. The molecule has 2 N–H and O–H groups in total. The molecule has 1 aromatic heterocycles. The molecule has 0 saturated carbocycles. The molecule has 3 aromatic rings. The first kappa shape index (κ1) is 20.1. The second kappa shape index (κ2) is 9.09. The van der Waals surface area contributed by atoms with E-state index < -0.39 is 0 Å². The van der Waals surface area contributed by atoms with Crippen LogP contribution in [-0.2, 0) is 17.9 Å². The second-order valence-corrected chi connectivity index (χ2v) is 7.62. The number of amides is 1. The summed E-state index contributed by atoms with van der Waals surface area (Å²) in [5, 5.41) is 8.01. The Hall–Kier alpha value is -3.19. The molecule has 154 valence electrons. The molecule has 1 aliphatic rings. The number of ether oxygens (including phenoxy) is 1. The van der Waals surface area contributed by atoms with Gasteiger partial charge >= 0.3 is 0 Å². The minimum atomic E-state index is 0.231. The Bertz CT molecular complexity index is 1090. The largest absolute Gasteiger partial charge is 0.494 e. The van der Waals surface area contributed by atoms with Gasteiger partial charge in [-0.2, -0.15) is 0 Å². The van der Waals surface area contributed by atoms with Gasteiger partial charge in [-0.25, -0.2) is 0 Å². The molecule has 2 heterocycles. The molecule has 6 nitrogen and oxygen atoms in total. The maximum atomic E-state index is 12.0. The number of hydrogen-bond donors (Lipinski definition) is 2. The summed E-state index contributed by atoms with van der Waals surface area (Å²) in [6.45, 7) is 2.06. The molecule has 0 radical (unpaired) electrons. The van der Waals surface area contributed by atoms with Gasteiger partial charge < -0.3 is 20.3 Å². The van der Waals surface area contributed by atoms with Crippen LogP contribution in [0.15, 0.2) is 54.7 Å². The lowest BCUT2D eigenvalue weighted by Crippen LogP contribution is -2.29. The highest BCUT2D eigenvalue weighted by Crippen LogP contribution is 2.29. The van der Waals surface area contributed by atoms with Crippen LogP contribution < -0.4 is 15.4 Å². The lowest BCUT2D eigenvalue weighted by Gasteiger charge is -2.19. The van der Waals surface area contributed by atoms with Crippen LogP contribution in [-0.4, -0.2) is 34.6 Å². The van der Waals surface area contributed by atoms with Crippen molar-refractivity contribution in [2.75, 3.05) is 19.0 Å². The standard InChI is InChI=1S/C23H24N4O2S/c1-29-20-11-10-19(18-8-4-12-24-22(18)20)26-23(30)25-14-16-6-2-3-7-17(16)15-27-13-5-9-21(27)28/h2-4,6-8,10-12H,5,9,13-15H2,1H3,(H2,25,26,30). The van der Waals surface area contributed by atoms with Crippen molar-refractivity contribution in [3.05, 3.63) is 65.9 Å². The summed E-state index contributed by atoms with van der Waals surface area (Å²) in [6, 6.07) is 15.8. The fourth-order valence-electron chi connectivity index (χ4n) is 3.72. The topological polar surface area (TPSA) is 66.5 Å². The Kier molecular flexibility index (Phi) is 6.09. The third-order valence-corrected chi connectivity index (χ3v) is 5.54. The molecule has 1 aliphatic heterocycles. The summed E-state index contributed by atoms with van der Waals surface area (Å²) < 4.78 is 5.40. The SMILES string of the molecule is COc1ccc(NC(=S)NCc2ccccc2CN2CCCC2=O)c2cccnc12. The maximum Gasteiger partial charge on any atom is 0.222 e. The van der Waals surface area contributed by atoms with Gasteiger partial charge in [-0.05, 0) is 54.0 Å². The smallest absolute Gasteiger partial charge is 0.222 e. The monoisotopic (exact) mass is 420 g/mol. The third-order valence-electron chi connectivity index (χ3n) is 5.29. The third kappa shape index (κ3) is 4.36. The Morgan fingerprint density at radius 1 is 1.17 bits per heavy atom. The number of likely N-dealkylation sites (tertiary alicyclic amines) is 1. The van der Waals surface area contributed by atoms with Crippen molar-refractivity contribution < 1.29 is 9.53 Å². The molecule has 0 spiro atoms. The number of hydrogen-bond acceptors (Lipinski definition) is 4. The van der Waals surface area contributed by atoms with Gasteiger partial charge in [-0.3, -0.25) is 9.78 Å². The van der Waals surface area contributed by atoms with Crippen LogP contribution in [0.1, 0.15) is 24.0 Å². The first-order valence-electron chi connectivity index (χ1n) is 9.97. The van der Waals surface area contributed by atoms with Gasteiger partial charge in [0.1, 0.15) is 11.3 Å². The molecule has 0 aliphatic carbocycles. The molecule has 30 heavy (non-hydrogen) atoms. The molecule has 1 amide bonds. The van der Waals surface area contributed by atoms with E-state index in [1.54, 1.807) is 13.3 Å². The zero-order chi connectivity index (χ0) is 20.9. The zero-order valence-electron chi connectivity index (χ0n) is 16.9. The number of carbonyl (C=O) groups is 1. The summed E-state index contributed by atoms with van der Waals surface area (Å²) in [4.78, 5) is 18.3. The van der Waals surface area contributed by atoms with Gasteiger partial charge in [0.05, 0.1) is 7.11 Å². The predicted molar refractivity (Wildman–Crippen MR) is 122 cm³/mol. The Labute approximate surface area is 181 Å². The van der Waals surface area contributed by atoms with E-state index in [0.717, 1.165) is 46.4 Å². The van der Waals surface area contributed by atoms with E-state index in [2.05, 4.69) is 27.8 Å². The molecule has 1 fully saturated rings. The van der Waals surface area contributed by atoms with Gasteiger partial charge in [-0.1, -0.05) is 24.3 Å². The van der Waals surface area contributed by atoms with Gasteiger partial charge in [-0.15, -0.1) is 0 Å². The number of nitrogens with one attached hydrogen (secondary N) is 2. The lowest BCUT2D eigenvalue weighted by molar-refractivity contribution is -0.128. The Balaban J connectivity index is 1.44. The van der Waals surface area contributed by atoms with Crippen LogP contribution in [0.25, 0.3) is 10.9 Å². The highest BCUT2D eigenvalue weighted by molar-refractivity contribution is 7.80. The molecule has 0 unspecified atom stereocenters. The van der Waals surface area contributed by atoms with Crippen LogP contribution in [0.5, 0.6) is 5.75 Å². The molecule has 4 rings (SSSR count). The quantitative estimate of drug-likeness (QED) is 0.591. The lowest BCUT2D eigenvalue weighted by atomic mass is 10.1. The van der Waals surface area contributed by atoms with Crippen molar-refractivity contribution in [2.45, 2.75) is 25.9 Å². The fourth-order valence-corrected chi connectivity index (χ4v) is 3.91. The summed E-state index contributed by atoms with van der Waals surface area (Å²) in [5.74, 6) is 0.954. The van der Waals surface area contributed by atoms with Crippen LogP contribution in [0.4, 0.5) is 5.69 Å².